The lowest BCUT2D eigenvalue weighted by Gasteiger charge is -2.44. The number of ether oxygens (including phenoxy) is 3. The number of carbonyl (C=O) groups excluding carboxylic acids is 1. The normalized spacial score (nSPS) is 48.9. The fraction of sp³-hybridized carbons (Fsp3) is 0.929. The highest BCUT2D eigenvalue weighted by Gasteiger charge is 2.45. The largest absolute Gasteiger partial charge is 0.462 e. The third kappa shape index (κ3) is 2.16. The predicted octanol–water partition coefficient (Wildman–Crippen LogP) is 1.81. The minimum Gasteiger partial charge on any atom is -0.462 e. The van der Waals surface area contributed by atoms with Crippen molar-refractivity contribution in [1.29, 1.82) is 0 Å². The van der Waals surface area contributed by atoms with Gasteiger partial charge in [0.2, 0.25) is 0 Å². The van der Waals surface area contributed by atoms with Gasteiger partial charge < -0.3 is 14.2 Å². The summed E-state index contributed by atoms with van der Waals surface area (Å²) in [5, 5.41) is 0. The van der Waals surface area contributed by atoms with Gasteiger partial charge in [-0.15, -0.1) is 0 Å². The van der Waals surface area contributed by atoms with Crippen LogP contribution >= 0.6 is 0 Å². The van der Waals surface area contributed by atoms with Crippen molar-refractivity contribution in [3.8, 4) is 0 Å². The zero-order chi connectivity index (χ0) is 12.1. The van der Waals surface area contributed by atoms with Crippen LogP contribution in [0.15, 0.2) is 0 Å². The molecule has 100 valence electrons. The van der Waals surface area contributed by atoms with Gasteiger partial charge in [-0.25, -0.2) is 0 Å². The van der Waals surface area contributed by atoms with Gasteiger partial charge in [0.25, 0.3) is 0 Å². The van der Waals surface area contributed by atoms with Crippen LogP contribution in [0.25, 0.3) is 0 Å². The molecule has 2 saturated carbocycles. The molecule has 5 fully saturated rings. The van der Waals surface area contributed by atoms with Crippen LogP contribution in [0.2, 0.25) is 0 Å². The monoisotopic (exact) mass is 252 g/mol. The average Bonchev–Trinajstić information content (AvgIpc) is 3.06. The number of fused-ring (bicyclic) bond motifs is 3. The molecule has 5 aliphatic rings. The van der Waals surface area contributed by atoms with Crippen molar-refractivity contribution in [2.24, 2.45) is 5.92 Å². The molecule has 4 heteroatoms. The van der Waals surface area contributed by atoms with Gasteiger partial charge >= 0.3 is 5.97 Å². The lowest BCUT2D eigenvalue weighted by Crippen LogP contribution is -2.48. The molecule has 3 heterocycles. The molecule has 2 aliphatic carbocycles. The third-order valence-corrected chi connectivity index (χ3v) is 4.83. The van der Waals surface area contributed by atoms with Crippen LogP contribution in [0, 0.1) is 5.92 Å². The number of epoxide rings is 1. The van der Waals surface area contributed by atoms with Gasteiger partial charge in [-0.3, -0.25) is 4.79 Å². The smallest absolute Gasteiger partial charge is 0.306 e. The lowest BCUT2D eigenvalue weighted by atomic mass is 9.86. The summed E-state index contributed by atoms with van der Waals surface area (Å²) < 4.78 is 16.6. The Hall–Kier alpha value is -0.610. The van der Waals surface area contributed by atoms with Gasteiger partial charge in [-0.2, -0.15) is 0 Å². The molecular weight excluding hydrogens is 232 g/mol. The number of esters is 1. The van der Waals surface area contributed by atoms with E-state index in [1.807, 2.05) is 0 Å². The maximum absolute atomic E-state index is 11.9. The highest BCUT2D eigenvalue weighted by Crippen LogP contribution is 2.41. The van der Waals surface area contributed by atoms with Gasteiger partial charge in [0.1, 0.15) is 6.10 Å². The van der Waals surface area contributed by atoms with E-state index in [2.05, 4.69) is 0 Å². The molecule has 0 aromatic rings. The highest BCUT2D eigenvalue weighted by molar-refractivity contribution is 5.70. The van der Waals surface area contributed by atoms with Crippen LogP contribution in [-0.2, 0) is 19.0 Å². The van der Waals surface area contributed by atoms with Crippen LogP contribution < -0.4 is 0 Å². The summed E-state index contributed by atoms with van der Waals surface area (Å²) in [6.07, 6.45) is 8.65. The molecule has 3 aliphatic heterocycles. The van der Waals surface area contributed by atoms with E-state index in [1.54, 1.807) is 0 Å². The molecule has 18 heavy (non-hydrogen) atoms. The van der Waals surface area contributed by atoms with Gasteiger partial charge in [-0.1, -0.05) is 0 Å². The molecule has 0 aromatic heterocycles. The SMILES string of the molecule is O=C(CC1CCC2OC2C1)OC1CC2CC(C1)O2. The zero-order valence-corrected chi connectivity index (χ0v) is 10.5. The number of rotatable bonds is 3. The second-order valence-corrected chi connectivity index (χ2v) is 6.30. The Balaban J connectivity index is 1.23. The first-order chi connectivity index (χ1) is 8.76. The summed E-state index contributed by atoms with van der Waals surface area (Å²) in [5.41, 5.74) is 0. The first kappa shape index (κ1) is 11.2. The Labute approximate surface area is 107 Å². The molecule has 0 aromatic carbocycles. The molecular formula is C14H20O4. The predicted molar refractivity (Wildman–Crippen MR) is 63.0 cm³/mol. The van der Waals surface area contributed by atoms with E-state index in [1.165, 1.54) is 0 Å². The summed E-state index contributed by atoms with van der Waals surface area (Å²) in [7, 11) is 0. The molecule has 0 spiro atoms. The van der Waals surface area contributed by atoms with E-state index < -0.39 is 0 Å². The summed E-state index contributed by atoms with van der Waals surface area (Å²) in [4.78, 5) is 11.9. The molecule has 4 nitrogen and oxygen atoms in total. The van der Waals surface area contributed by atoms with Crippen LogP contribution in [0.1, 0.15) is 44.9 Å². The lowest BCUT2D eigenvalue weighted by molar-refractivity contribution is -0.200. The maximum Gasteiger partial charge on any atom is 0.306 e. The molecule has 0 radical (unpaired) electrons. The fourth-order valence-corrected chi connectivity index (χ4v) is 3.78. The minimum atomic E-state index is -0.00889. The highest BCUT2D eigenvalue weighted by atomic mass is 16.6. The summed E-state index contributed by atoms with van der Waals surface area (Å²) >= 11 is 0. The molecule has 2 bridgehead atoms. The molecule has 5 unspecified atom stereocenters. The van der Waals surface area contributed by atoms with Crippen molar-refractivity contribution in [2.45, 2.75) is 75.5 Å². The molecule has 5 rings (SSSR count). The summed E-state index contributed by atoms with van der Waals surface area (Å²) in [6, 6.07) is 0. The fourth-order valence-electron chi connectivity index (χ4n) is 3.78. The first-order valence-electron chi connectivity index (χ1n) is 7.26. The number of carbonyl (C=O) groups is 1. The zero-order valence-electron chi connectivity index (χ0n) is 10.5. The van der Waals surface area contributed by atoms with E-state index in [0.717, 1.165) is 38.5 Å². The second-order valence-electron chi connectivity index (χ2n) is 6.30. The summed E-state index contributed by atoms with van der Waals surface area (Å²) in [5.74, 6) is 0.473. The third-order valence-electron chi connectivity index (χ3n) is 4.83. The van der Waals surface area contributed by atoms with Gasteiger partial charge in [0, 0.05) is 25.7 Å². The van der Waals surface area contributed by atoms with Gasteiger partial charge in [0.05, 0.1) is 24.4 Å². The Morgan fingerprint density at radius 3 is 2.50 bits per heavy atom. The van der Waals surface area contributed by atoms with Crippen molar-refractivity contribution in [3.05, 3.63) is 0 Å². The topological polar surface area (TPSA) is 48.1 Å². The van der Waals surface area contributed by atoms with Crippen LogP contribution in [-0.4, -0.2) is 36.5 Å². The van der Waals surface area contributed by atoms with E-state index in [9.17, 15) is 4.79 Å². The molecule has 3 saturated heterocycles. The molecule has 5 atom stereocenters. The minimum absolute atomic E-state index is 0.00889. The number of hydrogen-bond acceptors (Lipinski definition) is 4. The maximum atomic E-state index is 11.9. The Morgan fingerprint density at radius 1 is 1.00 bits per heavy atom. The number of hydrogen-bond donors (Lipinski definition) is 0. The van der Waals surface area contributed by atoms with Crippen LogP contribution in [0.4, 0.5) is 0 Å². The summed E-state index contributed by atoms with van der Waals surface area (Å²) in [6.45, 7) is 0. The second kappa shape index (κ2) is 4.20. The van der Waals surface area contributed by atoms with Crippen molar-refractivity contribution < 1.29 is 19.0 Å². The Bertz CT molecular complexity index is 328. The van der Waals surface area contributed by atoms with Crippen molar-refractivity contribution in [3.63, 3.8) is 0 Å². The molecule has 0 amide bonds. The van der Waals surface area contributed by atoms with Crippen LogP contribution in [0.3, 0.4) is 0 Å². The van der Waals surface area contributed by atoms with Crippen LogP contribution in [0.5, 0.6) is 0 Å². The quantitative estimate of drug-likeness (QED) is 0.567. The van der Waals surface area contributed by atoms with E-state index >= 15 is 0 Å². The average molecular weight is 252 g/mol. The van der Waals surface area contributed by atoms with E-state index in [-0.39, 0.29) is 12.1 Å². The Kier molecular flexibility index (Phi) is 2.62. The van der Waals surface area contributed by atoms with E-state index in [4.69, 9.17) is 14.2 Å². The molecule has 0 N–H and O–H groups in total. The van der Waals surface area contributed by atoms with Gasteiger partial charge in [0.15, 0.2) is 0 Å². The van der Waals surface area contributed by atoms with Crippen molar-refractivity contribution in [2.75, 3.05) is 0 Å². The first-order valence-corrected chi connectivity index (χ1v) is 7.26. The van der Waals surface area contributed by atoms with Crippen molar-refractivity contribution >= 4 is 5.97 Å². The van der Waals surface area contributed by atoms with E-state index in [0.29, 0.717) is 36.8 Å². The Morgan fingerprint density at radius 2 is 1.78 bits per heavy atom. The van der Waals surface area contributed by atoms with Crippen molar-refractivity contribution in [1.82, 2.24) is 0 Å². The van der Waals surface area contributed by atoms with Gasteiger partial charge in [-0.05, 0) is 25.2 Å². The standard InChI is InChI=1S/C14H20O4/c15-14(4-8-1-2-12-13(3-8)18-12)17-11-6-9-5-10(7-11)16-9/h8-13H,1-7H2.